The lowest BCUT2D eigenvalue weighted by atomic mass is 9.95. The zero-order chi connectivity index (χ0) is 28.0. The van der Waals surface area contributed by atoms with Gasteiger partial charge < -0.3 is 9.30 Å². The van der Waals surface area contributed by atoms with Crippen molar-refractivity contribution < 1.29 is 9.53 Å². The lowest BCUT2D eigenvalue weighted by molar-refractivity contribution is -0.136. The monoisotopic (exact) mass is 547 g/mol. The van der Waals surface area contributed by atoms with Crippen LogP contribution in [0, 0.1) is 13.8 Å². The molecule has 0 aliphatic carbocycles. The number of methoxy groups -OCH3 is 1. The number of carbonyl (C=O) groups is 1. The number of hydrogen-bond donors (Lipinski definition) is 0. The van der Waals surface area contributed by atoms with Gasteiger partial charge in [-0.3, -0.25) is 9.36 Å². The summed E-state index contributed by atoms with van der Waals surface area (Å²) in [5.41, 5.74) is 5.91. The minimum Gasteiger partial charge on any atom is -0.466 e. The molecule has 0 spiro atoms. The first-order chi connectivity index (χ1) is 19.4. The molecule has 0 unspecified atom stereocenters. The Morgan fingerprint density at radius 2 is 1.75 bits per heavy atom. The standard InChI is InChI=1S/C33H29N3O3S/c1-5-26-29(32(38)39-4)30(23-13-7-6-8-14-23)36-31(37)28(40-33(36)34-26)19-24-18-20(2)35(21(24)3)27-17-11-15-22-12-9-10-16-25(22)27/h6-19,30H,5H2,1-4H3/b28-19-/t30-/m1/s1. The van der Waals surface area contributed by atoms with Crippen molar-refractivity contribution in [3.63, 3.8) is 0 Å². The molecule has 0 bridgehead atoms. The number of benzene rings is 3. The largest absolute Gasteiger partial charge is 0.466 e. The van der Waals surface area contributed by atoms with Gasteiger partial charge in [-0.1, -0.05) is 85.0 Å². The predicted molar refractivity (Wildman–Crippen MR) is 160 cm³/mol. The molecule has 3 heterocycles. The van der Waals surface area contributed by atoms with Crippen LogP contribution in [-0.4, -0.2) is 22.2 Å². The number of aromatic nitrogens is 2. The van der Waals surface area contributed by atoms with Gasteiger partial charge in [0.15, 0.2) is 4.80 Å². The third kappa shape index (κ3) is 4.14. The number of thiazole rings is 1. The van der Waals surface area contributed by atoms with Crippen LogP contribution < -0.4 is 14.9 Å². The summed E-state index contributed by atoms with van der Waals surface area (Å²) in [6.45, 7) is 6.12. The number of aryl methyl sites for hydroxylation is 1. The van der Waals surface area contributed by atoms with E-state index in [0.717, 1.165) is 28.2 Å². The fraction of sp³-hybridized carbons (Fsp3) is 0.182. The molecule has 0 fully saturated rings. The van der Waals surface area contributed by atoms with Gasteiger partial charge in [-0.15, -0.1) is 0 Å². The van der Waals surface area contributed by atoms with E-state index in [9.17, 15) is 9.59 Å². The SMILES string of the molecule is CCC1=C(C(=O)OC)[C@@H](c2ccccc2)n2c(s/c(=C\c3cc(C)n(-c4cccc5ccccc45)c3C)c2=O)=N1. The topological polar surface area (TPSA) is 65.6 Å². The van der Waals surface area contributed by atoms with Gasteiger partial charge in [0.1, 0.15) is 0 Å². The Morgan fingerprint density at radius 3 is 2.50 bits per heavy atom. The van der Waals surface area contributed by atoms with Crippen LogP contribution in [0.3, 0.4) is 0 Å². The first kappa shape index (κ1) is 25.8. The molecule has 200 valence electrons. The zero-order valence-electron chi connectivity index (χ0n) is 22.8. The molecule has 1 atom stereocenters. The molecular weight excluding hydrogens is 518 g/mol. The lowest BCUT2D eigenvalue weighted by Gasteiger charge is -2.25. The van der Waals surface area contributed by atoms with Crippen LogP contribution in [-0.2, 0) is 9.53 Å². The number of hydrogen-bond acceptors (Lipinski definition) is 5. The molecular formula is C33H29N3O3S. The third-order valence-corrected chi connectivity index (χ3v) is 8.51. The maximum atomic E-state index is 14.0. The second-order valence-electron chi connectivity index (χ2n) is 9.86. The van der Waals surface area contributed by atoms with Crippen molar-refractivity contribution >= 4 is 34.2 Å². The molecule has 7 heteroatoms. The quantitative estimate of drug-likeness (QED) is 0.278. The van der Waals surface area contributed by atoms with E-state index in [-0.39, 0.29) is 5.56 Å². The average Bonchev–Trinajstić information content (AvgIpc) is 3.45. The average molecular weight is 548 g/mol. The maximum absolute atomic E-state index is 14.0. The highest BCUT2D eigenvalue weighted by molar-refractivity contribution is 7.07. The number of carbonyl (C=O) groups excluding carboxylic acids is 1. The molecule has 5 aromatic rings. The number of ether oxygens (including phenoxy) is 1. The molecule has 3 aromatic carbocycles. The summed E-state index contributed by atoms with van der Waals surface area (Å²) in [5, 5.41) is 2.35. The predicted octanol–water partition coefficient (Wildman–Crippen LogP) is 5.36. The summed E-state index contributed by atoms with van der Waals surface area (Å²) in [4.78, 5) is 32.3. The van der Waals surface area contributed by atoms with E-state index in [1.54, 1.807) is 4.57 Å². The van der Waals surface area contributed by atoms with Crippen molar-refractivity contribution in [1.82, 2.24) is 9.13 Å². The maximum Gasteiger partial charge on any atom is 0.338 e. The highest BCUT2D eigenvalue weighted by Crippen LogP contribution is 2.32. The van der Waals surface area contributed by atoms with Gasteiger partial charge in [0.25, 0.3) is 5.56 Å². The number of esters is 1. The van der Waals surface area contributed by atoms with E-state index < -0.39 is 12.0 Å². The molecule has 6 rings (SSSR count). The molecule has 1 aliphatic heterocycles. The van der Waals surface area contributed by atoms with Crippen LogP contribution in [0.5, 0.6) is 0 Å². The highest BCUT2D eigenvalue weighted by Gasteiger charge is 2.33. The molecule has 1 aliphatic rings. The highest BCUT2D eigenvalue weighted by atomic mass is 32.1. The summed E-state index contributed by atoms with van der Waals surface area (Å²) in [6.07, 6.45) is 2.49. The lowest BCUT2D eigenvalue weighted by Crippen LogP contribution is -2.40. The van der Waals surface area contributed by atoms with E-state index in [1.165, 1.54) is 29.2 Å². The van der Waals surface area contributed by atoms with Crippen LogP contribution in [0.1, 0.15) is 41.9 Å². The van der Waals surface area contributed by atoms with Crippen LogP contribution >= 0.6 is 11.3 Å². The van der Waals surface area contributed by atoms with Gasteiger partial charge in [0.05, 0.1) is 34.6 Å². The van der Waals surface area contributed by atoms with Gasteiger partial charge in [-0.25, -0.2) is 9.79 Å². The van der Waals surface area contributed by atoms with Crippen molar-refractivity contribution in [3.05, 3.63) is 132 Å². The van der Waals surface area contributed by atoms with E-state index in [1.807, 2.05) is 49.4 Å². The van der Waals surface area contributed by atoms with Crippen molar-refractivity contribution in [2.24, 2.45) is 4.99 Å². The normalized spacial score (nSPS) is 15.3. The molecule has 40 heavy (non-hydrogen) atoms. The summed E-state index contributed by atoms with van der Waals surface area (Å²) in [5.74, 6) is -0.470. The Kier molecular flexibility index (Phi) is 6.60. The van der Waals surface area contributed by atoms with Crippen LogP contribution in [0.2, 0.25) is 0 Å². The molecule has 2 aromatic heterocycles. The summed E-state index contributed by atoms with van der Waals surface area (Å²) < 4.78 is 9.60. The third-order valence-electron chi connectivity index (χ3n) is 7.53. The minimum atomic E-state index is -0.606. The van der Waals surface area contributed by atoms with Crippen LogP contribution in [0.4, 0.5) is 0 Å². The van der Waals surface area contributed by atoms with Gasteiger partial charge >= 0.3 is 5.97 Å². The van der Waals surface area contributed by atoms with E-state index in [2.05, 4.69) is 60.9 Å². The Bertz CT molecular complexity index is 1990. The summed E-state index contributed by atoms with van der Waals surface area (Å²) >= 11 is 1.35. The Labute approximate surface area is 235 Å². The van der Waals surface area contributed by atoms with Crippen molar-refractivity contribution in [2.45, 2.75) is 33.2 Å². The number of nitrogens with zero attached hydrogens (tertiary/aromatic N) is 3. The molecule has 0 radical (unpaired) electrons. The second-order valence-corrected chi connectivity index (χ2v) is 10.9. The van der Waals surface area contributed by atoms with Gasteiger partial charge in [0, 0.05) is 16.8 Å². The first-order valence-corrected chi connectivity index (χ1v) is 14.1. The second kappa shape index (κ2) is 10.2. The molecule has 0 amide bonds. The summed E-state index contributed by atoms with van der Waals surface area (Å²) in [6, 6.07) is 25.8. The summed E-state index contributed by atoms with van der Waals surface area (Å²) in [7, 11) is 1.36. The molecule has 6 nitrogen and oxygen atoms in total. The van der Waals surface area contributed by atoms with E-state index in [4.69, 9.17) is 9.73 Å². The Morgan fingerprint density at radius 1 is 1.02 bits per heavy atom. The number of allylic oxidation sites excluding steroid dienone is 1. The fourth-order valence-corrected chi connectivity index (χ4v) is 6.67. The van der Waals surface area contributed by atoms with Crippen molar-refractivity contribution in [1.29, 1.82) is 0 Å². The van der Waals surface area contributed by atoms with Crippen LogP contribution in [0.15, 0.2) is 99.9 Å². The fourth-order valence-electron chi connectivity index (χ4n) is 5.66. The van der Waals surface area contributed by atoms with Gasteiger partial charge in [0.2, 0.25) is 0 Å². The smallest absolute Gasteiger partial charge is 0.338 e. The first-order valence-electron chi connectivity index (χ1n) is 13.3. The van der Waals surface area contributed by atoms with Crippen LogP contribution in [0.25, 0.3) is 22.5 Å². The molecule has 0 N–H and O–H groups in total. The number of fused-ring (bicyclic) bond motifs is 2. The van der Waals surface area contributed by atoms with E-state index >= 15 is 0 Å². The zero-order valence-corrected chi connectivity index (χ0v) is 23.7. The van der Waals surface area contributed by atoms with Gasteiger partial charge in [-0.05, 0) is 55.0 Å². The minimum absolute atomic E-state index is 0.177. The van der Waals surface area contributed by atoms with Crippen molar-refractivity contribution in [2.75, 3.05) is 7.11 Å². The Balaban J connectivity index is 1.55. The van der Waals surface area contributed by atoms with Gasteiger partial charge in [-0.2, -0.15) is 0 Å². The van der Waals surface area contributed by atoms with E-state index in [0.29, 0.717) is 27.0 Å². The van der Waals surface area contributed by atoms with Crippen molar-refractivity contribution in [3.8, 4) is 5.69 Å². The Hall–Kier alpha value is -4.49. The number of rotatable bonds is 5. The molecule has 0 saturated carbocycles. The molecule has 0 saturated heterocycles.